The summed E-state index contributed by atoms with van der Waals surface area (Å²) >= 11 is 1.51. The highest BCUT2D eigenvalue weighted by Crippen LogP contribution is 2.30. The smallest absolute Gasteiger partial charge is 0.207 e. The molecule has 3 rings (SSSR count). The van der Waals surface area contributed by atoms with Crippen molar-refractivity contribution in [2.45, 2.75) is 17.6 Å². The van der Waals surface area contributed by atoms with E-state index in [1.807, 2.05) is 29.6 Å². The zero-order valence-electron chi connectivity index (χ0n) is 12.2. The lowest BCUT2D eigenvalue weighted by molar-refractivity contribution is -0.137. The van der Waals surface area contributed by atoms with E-state index >= 15 is 0 Å². The summed E-state index contributed by atoms with van der Waals surface area (Å²) in [5, 5.41) is 2.82. The molecule has 0 aliphatic carbocycles. The molecule has 1 N–H and O–H groups in total. The zero-order valence-corrected chi connectivity index (χ0v) is 13.8. The Hall–Kier alpha value is -1.90. The lowest BCUT2D eigenvalue weighted by Gasteiger charge is -2.09. The van der Waals surface area contributed by atoms with Crippen molar-refractivity contribution in [2.24, 2.45) is 0 Å². The maximum absolute atomic E-state index is 12.5. The van der Waals surface area contributed by atoms with Crippen LogP contribution >= 0.6 is 11.3 Å². The zero-order chi connectivity index (χ0) is 17.4. The molecule has 0 saturated carbocycles. The van der Waals surface area contributed by atoms with Gasteiger partial charge in [-0.1, -0.05) is 18.2 Å². The first-order valence-corrected chi connectivity index (χ1v) is 9.26. The predicted molar refractivity (Wildman–Crippen MR) is 87.3 cm³/mol. The molecule has 0 amide bonds. The Morgan fingerprint density at radius 1 is 1.00 bits per heavy atom. The summed E-state index contributed by atoms with van der Waals surface area (Å²) in [5.41, 5.74) is -0.0589. The fraction of sp³-hybridized carbons (Fsp3) is 0.125. The number of hydrogen-bond acceptors (Lipinski definition) is 3. The number of sulfonamides is 1. The molecular formula is C16H12F3NO2S2. The van der Waals surface area contributed by atoms with Gasteiger partial charge in [0.15, 0.2) is 0 Å². The van der Waals surface area contributed by atoms with E-state index in [4.69, 9.17) is 0 Å². The molecule has 24 heavy (non-hydrogen) atoms. The third-order valence-corrected chi connectivity index (χ3v) is 5.94. The number of rotatable bonds is 4. The van der Waals surface area contributed by atoms with E-state index in [0.29, 0.717) is 0 Å². The Bertz CT molecular complexity index is 961. The summed E-state index contributed by atoms with van der Waals surface area (Å²) in [6.07, 6.45) is -4.49. The Labute approximate surface area is 140 Å². The molecule has 3 nitrogen and oxygen atoms in total. The molecule has 0 unspecified atom stereocenters. The minimum Gasteiger partial charge on any atom is -0.207 e. The average molecular weight is 371 g/mol. The van der Waals surface area contributed by atoms with Crippen molar-refractivity contribution in [3.05, 3.63) is 65.0 Å². The molecule has 126 valence electrons. The molecule has 8 heteroatoms. The number of benzene rings is 2. The second-order valence-electron chi connectivity index (χ2n) is 5.10. The summed E-state index contributed by atoms with van der Waals surface area (Å²) < 4.78 is 65.5. The van der Waals surface area contributed by atoms with Gasteiger partial charge in [-0.2, -0.15) is 13.2 Å². The molecule has 1 heterocycles. The van der Waals surface area contributed by atoms with Gasteiger partial charge < -0.3 is 0 Å². The molecule has 0 saturated heterocycles. The fourth-order valence-electron chi connectivity index (χ4n) is 2.25. The van der Waals surface area contributed by atoms with E-state index < -0.39 is 21.8 Å². The molecular weight excluding hydrogens is 359 g/mol. The van der Waals surface area contributed by atoms with Crippen LogP contribution in [0, 0.1) is 0 Å². The van der Waals surface area contributed by atoms with Crippen molar-refractivity contribution in [1.82, 2.24) is 4.72 Å². The summed E-state index contributed by atoms with van der Waals surface area (Å²) in [4.78, 5) is -0.199. The monoisotopic (exact) mass is 371 g/mol. The van der Waals surface area contributed by atoms with Crippen molar-refractivity contribution >= 4 is 31.4 Å². The van der Waals surface area contributed by atoms with Crippen LogP contribution in [0.25, 0.3) is 10.1 Å². The Morgan fingerprint density at radius 3 is 2.33 bits per heavy atom. The topological polar surface area (TPSA) is 46.2 Å². The van der Waals surface area contributed by atoms with Crippen LogP contribution in [0.3, 0.4) is 0 Å². The van der Waals surface area contributed by atoms with E-state index in [1.165, 1.54) is 11.3 Å². The number of alkyl halides is 3. The summed E-state index contributed by atoms with van der Waals surface area (Å²) in [6, 6.07) is 11.0. The first-order valence-electron chi connectivity index (χ1n) is 6.89. The fourth-order valence-corrected chi connectivity index (χ4v) is 4.22. The van der Waals surface area contributed by atoms with Gasteiger partial charge in [0.25, 0.3) is 0 Å². The van der Waals surface area contributed by atoms with E-state index in [9.17, 15) is 21.6 Å². The molecule has 0 atom stereocenters. The van der Waals surface area contributed by atoms with Crippen molar-refractivity contribution in [3.63, 3.8) is 0 Å². The van der Waals surface area contributed by atoms with Gasteiger partial charge in [0, 0.05) is 11.2 Å². The molecule has 0 radical (unpaired) electrons. The van der Waals surface area contributed by atoms with Gasteiger partial charge in [0.2, 0.25) is 10.0 Å². The Kier molecular flexibility index (Phi) is 4.37. The first-order chi connectivity index (χ1) is 11.3. The lowest BCUT2D eigenvalue weighted by atomic mass is 10.2. The van der Waals surface area contributed by atoms with Crippen LogP contribution in [-0.4, -0.2) is 8.42 Å². The van der Waals surface area contributed by atoms with E-state index in [0.717, 1.165) is 39.9 Å². The number of halogens is 3. The second kappa shape index (κ2) is 6.19. The Morgan fingerprint density at radius 2 is 1.67 bits per heavy atom. The van der Waals surface area contributed by atoms with E-state index in [2.05, 4.69) is 4.72 Å². The van der Waals surface area contributed by atoms with Crippen LogP contribution in [0.2, 0.25) is 0 Å². The van der Waals surface area contributed by atoms with Gasteiger partial charge in [-0.3, -0.25) is 0 Å². The highest BCUT2D eigenvalue weighted by molar-refractivity contribution is 7.89. The van der Waals surface area contributed by atoms with Crippen LogP contribution in [0.15, 0.2) is 58.8 Å². The average Bonchev–Trinajstić information content (AvgIpc) is 2.96. The Balaban J connectivity index is 1.79. The van der Waals surface area contributed by atoms with Gasteiger partial charge in [-0.05, 0) is 46.7 Å². The normalized spacial score (nSPS) is 12.6. The summed E-state index contributed by atoms with van der Waals surface area (Å²) in [5.74, 6) is 0. The molecule has 0 aliphatic rings. The number of hydrogen-bond donors (Lipinski definition) is 1. The van der Waals surface area contributed by atoms with Crippen molar-refractivity contribution < 1.29 is 21.6 Å². The molecule has 2 aromatic carbocycles. The van der Waals surface area contributed by atoms with Gasteiger partial charge in [0.1, 0.15) is 0 Å². The standard InChI is InChI=1S/C16H12F3NO2S2/c17-16(18,19)12-5-7-13(8-6-12)24(21,22)20-9-11-10-23-15-4-2-1-3-14(11)15/h1-8,10,20H,9H2. The summed E-state index contributed by atoms with van der Waals surface area (Å²) in [7, 11) is -3.88. The quantitative estimate of drug-likeness (QED) is 0.739. The predicted octanol–water partition coefficient (Wildman–Crippen LogP) is 4.40. The van der Waals surface area contributed by atoms with Crippen LogP contribution in [0.4, 0.5) is 13.2 Å². The van der Waals surface area contributed by atoms with Gasteiger partial charge in [0.05, 0.1) is 10.5 Å². The van der Waals surface area contributed by atoms with Crippen molar-refractivity contribution in [2.75, 3.05) is 0 Å². The molecule has 0 bridgehead atoms. The maximum Gasteiger partial charge on any atom is 0.416 e. The van der Waals surface area contributed by atoms with Crippen molar-refractivity contribution in [3.8, 4) is 0 Å². The number of nitrogens with one attached hydrogen (secondary N) is 1. The molecule has 3 aromatic rings. The van der Waals surface area contributed by atoms with Crippen LogP contribution < -0.4 is 4.72 Å². The molecule has 0 spiro atoms. The minimum absolute atomic E-state index is 0.0768. The van der Waals surface area contributed by atoms with Crippen LogP contribution in [-0.2, 0) is 22.7 Å². The van der Waals surface area contributed by atoms with Crippen molar-refractivity contribution in [1.29, 1.82) is 0 Å². The van der Waals surface area contributed by atoms with Crippen LogP contribution in [0.1, 0.15) is 11.1 Å². The number of fused-ring (bicyclic) bond motifs is 1. The minimum atomic E-state index is -4.49. The summed E-state index contributed by atoms with van der Waals surface area (Å²) in [6.45, 7) is 0.0768. The third kappa shape index (κ3) is 3.45. The SMILES string of the molecule is O=S(=O)(NCc1csc2ccccc12)c1ccc(C(F)(F)F)cc1. The lowest BCUT2D eigenvalue weighted by Crippen LogP contribution is -2.23. The van der Waals surface area contributed by atoms with Gasteiger partial charge in [-0.15, -0.1) is 11.3 Å². The maximum atomic E-state index is 12.5. The molecule has 0 aliphatic heterocycles. The molecule has 1 aromatic heterocycles. The largest absolute Gasteiger partial charge is 0.416 e. The molecule has 0 fully saturated rings. The van der Waals surface area contributed by atoms with E-state index in [1.54, 1.807) is 0 Å². The third-order valence-electron chi connectivity index (χ3n) is 3.51. The van der Waals surface area contributed by atoms with Gasteiger partial charge >= 0.3 is 6.18 Å². The number of thiophene rings is 1. The van der Waals surface area contributed by atoms with Crippen LogP contribution in [0.5, 0.6) is 0 Å². The highest BCUT2D eigenvalue weighted by atomic mass is 32.2. The van der Waals surface area contributed by atoms with Gasteiger partial charge in [-0.25, -0.2) is 13.1 Å². The second-order valence-corrected chi connectivity index (χ2v) is 7.78. The first kappa shape index (κ1) is 16.9. The van der Waals surface area contributed by atoms with E-state index in [-0.39, 0.29) is 11.4 Å². The highest BCUT2D eigenvalue weighted by Gasteiger charge is 2.30.